The van der Waals surface area contributed by atoms with Crippen LogP contribution in [0.4, 0.5) is 0 Å². The van der Waals surface area contributed by atoms with E-state index in [4.69, 9.17) is 0 Å². The zero-order valence-electron chi connectivity index (χ0n) is 12.4. The van der Waals surface area contributed by atoms with Gasteiger partial charge < -0.3 is 0 Å². The molecule has 0 saturated heterocycles. The van der Waals surface area contributed by atoms with E-state index < -0.39 is 0 Å². The summed E-state index contributed by atoms with van der Waals surface area (Å²) in [5, 5.41) is 5.29. The first-order chi connectivity index (χ1) is 10.8. The van der Waals surface area contributed by atoms with E-state index in [0.717, 1.165) is 0 Å². The normalized spacial score (nSPS) is 11.1. The summed E-state index contributed by atoms with van der Waals surface area (Å²) in [7, 11) is 0. The van der Waals surface area contributed by atoms with Gasteiger partial charge in [-0.3, -0.25) is 0 Å². The van der Waals surface area contributed by atoms with E-state index in [0.29, 0.717) is 0 Å². The highest BCUT2D eigenvalue weighted by molar-refractivity contribution is 7.99. The Morgan fingerprint density at radius 2 is 1.23 bits per heavy atom. The van der Waals surface area contributed by atoms with Crippen molar-refractivity contribution in [3.63, 3.8) is 0 Å². The molecular weight excluding hydrogens is 284 g/mol. The van der Waals surface area contributed by atoms with Crippen LogP contribution in [0.15, 0.2) is 88.7 Å². The van der Waals surface area contributed by atoms with Crippen molar-refractivity contribution in [2.45, 2.75) is 16.7 Å². The number of benzene rings is 4. The summed E-state index contributed by atoms with van der Waals surface area (Å²) >= 11 is 1.86. The van der Waals surface area contributed by atoms with Crippen LogP contribution >= 0.6 is 11.8 Å². The maximum atomic E-state index is 2.31. The van der Waals surface area contributed by atoms with Crippen molar-refractivity contribution in [1.82, 2.24) is 0 Å². The highest BCUT2D eigenvalue weighted by Gasteiger charge is 2.08. The fourth-order valence-electron chi connectivity index (χ4n) is 2.89. The van der Waals surface area contributed by atoms with E-state index in [1.807, 2.05) is 11.8 Å². The van der Waals surface area contributed by atoms with E-state index in [1.54, 1.807) is 0 Å². The lowest BCUT2D eigenvalue weighted by molar-refractivity contribution is 1.30. The summed E-state index contributed by atoms with van der Waals surface area (Å²) < 4.78 is 0. The topological polar surface area (TPSA) is 0 Å². The molecule has 0 aliphatic heterocycles. The minimum absolute atomic E-state index is 1.30. The number of hydrogen-bond donors (Lipinski definition) is 0. The molecule has 0 N–H and O–H groups in total. The Hall–Kier alpha value is -2.25. The predicted octanol–water partition coefficient (Wildman–Crippen LogP) is 6.45. The zero-order valence-corrected chi connectivity index (χ0v) is 13.2. The average molecular weight is 300 g/mol. The van der Waals surface area contributed by atoms with Crippen molar-refractivity contribution in [1.29, 1.82) is 0 Å². The molecule has 0 aromatic heterocycles. The first-order valence-corrected chi connectivity index (χ1v) is 8.28. The van der Waals surface area contributed by atoms with Crippen LogP contribution in [-0.2, 0) is 0 Å². The highest BCUT2D eigenvalue weighted by Crippen LogP contribution is 2.38. The molecule has 0 aliphatic carbocycles. The van der Waals surface area contributed by atoms with E-state index in [2.05, 4.69) is 85.8 Å². The van der Waals surface area contributed by atoms with Crippen molar-refractivity contribution >= 4 is 33.3 Å². The number of aryl methyl sites for hydroxylation is 1. The molecule has 0 amide bonds. The van der Waals surface area contributed by atoms with Gasteiger partial charge in [-0.05, 0) is 46.2 Å². The van der Waals surface area contributed by atoms with Gasteiger partial charge in [0.15, 0.2) is 0 Å². The molecule has 0 saturated carbocycles. The van der Waals surface area contributed by atoms with Gasteiger partial charge in [0.1, 0.15) is 0 Å². The second-order valence-corrected chi connectivity index (χ2v) is 6.59. The molecule has 1 heteroatoms. The standard InChI is InChI=1S/C21H16S/c1-15-8-2-7-13-20(15)22-21-14-16-9-3-4-10-17(16)18-11-5-6-12-19(18)21/h2-14H,1H3. The van der Waals surface area contributed by atoms with Crippen molar-refractivity contribution in [2.75, 3.05) is 0 Å². The lowest BCUT2D eigenvalue weighted by atomic mass is 10.0. The van der Waals surface area contributed by atoms with E-state index >= 15 is 0 Å². The number of fused-ring (bicyclic) bond motifs is 3. The summed E-state index contributed by atoms with van der Waals surface area (Å²) in [6.07, 6.45) is 0. The molecule has 106 valence electrons. The maximum absolute atomic E-state index is 2.31. The molecule has 0 radical (unpaired) electrons. The Morgan fingerprint density at radius 1 is 0.591 bits per heavy atom. The molecule has 0 aliphatic rings. The van der Waals surface area contributed by atoms with Gasteiger partial charge in [0.05, 0.1) is 0 Å². The van der Waals surface area contributed by atoms with Gasteiger partial charge in [0.2, 0.25) is 0 Å². The lowest BCUT2D eigenvalue weighted by Gasteiger charge is -2.11. The van der Waals surface area contributed by atoms with E-state index in [1.165, 1.54) is 36.9 Å². The molecule has 4 rings (SSSR count). The first-order valence-electron chi connectivity index (χ1n) is 7.47. The quantitative estimate of drug-likeness (QED) is 0.383. The van der Waals surface area contributed by atoms with Gasteiger partial charge >= 0.3 is 0 Å². The van der Waals surface area contributed by atoms with Crippen LogP contribution in [0.2, 0.25) is 0 Å². The molecule has 0 nitrogen and oxygen atoms in total. The lowest BCUT2D eigenvalue weighted by Crippen LogP contribution is -1.83. The molecule has 0 atom stereocenters. The fraction of sp³-hybridized carbons (Fsp3) is 0.0476. The maximum Gasteiger partial charge on any atom is 0.0207 e. The second kappa shape index (κ2) is 5.51. The van der Waals surface area contributed by atoms with Crippen LogP contribution in [-0.4, -0.2) is 0 Å². The molecule has 0 fully saturated rings. The molecule has 0 spiro atoms. The third kappa shape index (κ3) is 2.28. The minimum Gasteiger partial charge on any atom is -0.0891 e. The van der Waals surface area contributed by atoms with E-state index in [9.17, 15) is 0 Å². The van der Waals surface area contributed by atoms with E-state index in [-0.39, 0.29) is 0 Å². The number of rotatable bonds is 2. The Kier molecular flexibility index (Phi) is 3.36. The summed E-state index contributed by atoms with van der Waals surface area (Å²) in [5.74, 6) is 0. The first kappa shape index (κ1) is 13.4. The molecular formula is C21H16S. The second-order valence-electron chi connectivity index (χ2n) is 5.51. The molecule has 0 heterocycles. The third-order valence-corrected chi connectivity index (χ3v) is 5.28. The van der Waals surface area contributed by atoms with Crippen molar-refractivity contribution in [2.24, 2.45) is 0 Å². The SMILES string of the molecule is Cc1ccccc1Sc1cc2ccccc2c2ccccc12. The Labute approximate surface area is 134 Å². The van der Waals surface area contributed by atoms with Crippen LogP contribution in [0.3, 0.4) is 0 Å². The smallest absolute Gasteiger partial charge is 0.0207 e. The molecule has 4 aromatic carbocycles. The summed E-state index contributed by atoms with van der Waals surface area (Å²) in [6.45, 7) is 2.17. The van der Waals surface area contributed by atoms with Crippen LogP contribution in [0, 0.1) is 6.92 Å². The van der Waals surface area contributed by atoms with Crippen molar-refractivity contribution in [3.8, 4) is 0 Å². The van der Waals surface area contributed by atoms with Gasteiger partial charge in [-0.25, -0.2) is 0 Å². The van der Waals surface area contributed by atoms with Gasteiger partial charge in [-0.1, -0.05) is 78.5 Å². The van der Waals surface area contributed by atoms with Gasteiger partial charge in [-0.2, -0.15) is 0 Å². The van der Waals surface area contributed by atoms with Crippen LogP contribution in [0.1, 0.15) is 5.56 Å². The third-order valence-electron chi connectivity index (χ3n) is 4.04. The summed E-state index contributed by atoms with van der Waals surface area (Å²) in [5.41, 5.74) is 1.32. The molecule has 4 aromatic rings. The minimum atomic E-state index is 1.30. The average Bonchev–Trinajstić information content (AvgIpc) is 2.57. The van der Waals surface area contributed by atoms with Gasteiger partial charge in [0.25, 0.3) is 0 Å². The highest BCUT2D eigenvalue weighted by atomic mass is 32.2. The van der Waals surface area contributed by atoms with Crippen LogP contribution in [0.25, 0.3) is 21.5 Å². The molecule has 0 bridgehead atoms. The predicted molar refractivity (Wildman–Crippen MR) is 96.8 cm³/mol. The molecule has 0 unspecified atom stereocenters. The fourth-order valence-corrected chi connectivity index (χ4v) is 3.98. The summed E-state index contributed by atoms with van der Waals surface area (Å²) in [6, 6.07) is 28.2. The van der Waals surface area contributed by atoms with Crippen LogP contribution < -0.4 is 0 Å². The van der Waals surface area contributed by atoms with Crippen molar-refractivity contribution in [3.05, 3.63) is 84.4 Å². The van der Waals surface area contributed by atoms with Crippen LogP contribution in [0.5, 0.6) is 0 Å². The number of hydrogen-bond acceptors (Lipinski definition) is 1. The Bertz CT molecular complexity index is 970. The van der Waals surface area contributed by atoms with Crippen molar-refractivity contribution < 1.29 is 0 Å². The Balaban J connectivity index is 1.98. The van der Waals surface area contributed by atoms with Gasteiger partial charge in [-0.15, -0.1) is 0 Å². The van der Waals surface area contributed by atoms with Gasteiger partial charge in [0, 0.05) is 9.79 Å². The summed E-state index contributed by atoms with van der Waals surface area (Å²) in [4.78, 5) is 2.64. The monoisotopic (exact) mass is 300 g/mol. The zero-order chi connectivity index (χ0) is 14.9. The largest absolute Gasteiger partial charge is 0.0891 e. The Morgan fingerprint density at radius 3 is 2.05 bits per heavy atom. The molecule has 22 heavy (non-hydrogen) atoms.